The molecule has 20 heavy (non-hydrogen) atoms. The Balaban J connectivity index is 2.77. The molecule has 2 rings (SSSR count). The Labute approximate surface area is 119 Å². The number of aromatic nitrogens is 2. The van der Waals surface area contributed by atoms with Crippen LogP contribution in [0.4, 0.5) is 0 Å². The number of nitrogens with two attached hydrogens (primary N) is 1. The number of sulfone groups is 1. The van der Waals surface area contributed by atoms with Gasteiger partial charge >= 0.3 is 0 Å². The lowest BCUT2D eigenvalue weighted by molar-refractivity contribution is 0.536. The van der Waals surface area contributed by atoms with Crippen molar-refractivity contribution in [2.75, 3.05) is 6.26 Å². The molecular weight excluding hydrogens is 274 g/mol. The van der Waals surface area contributed by atoms with Gasteiger partial charge in [-0.05, 0) is 38.5 Å². The molecule has 0 fully saturated rings. The molecule has 0 bridgehead atoms. The topological polar surface area (TPSA) is 78.0 Å². The maximum Gasteiger partial charge on any atom is 0.159 e. The zero-order chi connectivity index (χ0) is 15.1. The molecule has 0 amide bonds. The predicted octanol–water partition coefficient (Wildman–Crippen LogP) is 1.79. The highest BCUT2D eigenvalue weighted by molar-refractivity contribution is 7.91. The third-order valence-electron chi connectivity index (χ3n) is 3.83. The normalized spacial score (nSPS) is 13.1. The summed E-state index contributed by atoms with van der Waals surface area (Å²) in [5.41, 5.74) is 8.36. The van der Waals surface area contributed by atoms with Crippen LogP contribution in [-0.4, -0.2) is 24.2 Å². The Morgan fingerprint density at radius 1 is 1.35 bits per heavy atom. The molecule has 110 valence electrons. The molecule has 0 spiro atoms. The summed E-state index contributed by atoms with van der Waals surface area (Å²) in [5.74, 6) is 0.576. The molecule has 1 heterocycles. The van der Waals surface area contributed by atoms with Crippen molar-refractivity contribution in [1.82, 2.24) is 9.55 Å². The first kappa shape index (κ1) is 15.0. The van der Waals surface area contributed by atoms with Crippen LogP contribution >= 0.6 is 0 Å². The third-order valence-corrected chi connectivity index (χ3v) is 5.87. The Morgan fingerprint density at radius 2 is 2.00 bits per heavy atom. The van der Waals surface area contributed by atoms with Gasteiger partial charge in [0, 0.05) is 19.3 Å². The molecule has 0 aliphatic carbocycles. The van der Waals surface area contributed by atoms with E-state index in [1.165, 1.54) is 6.26 Å². The lowest BCUT2D eigenvalue weighted by atomic mass is 10.2. The Morgan fingerprint density at radius 3 is 2.50 bits per heavy atom. The van der Waals surface area contributed by atoms with E-state index < -0.39 is 14.6 Å². The molecular formula is C14H21N3O2S. The fraction of sp³-hybridized carbons (Fsp3) is 0.500. The van der Waals surface area contributed by atoms with Crippen molar-refractivity contribution in [3.63, 3.8) is 0 Å². The van der Waals surface area contributed by atoms with E-state index in [-0.39, 0.29) is 0 Å². The molecule has 0 unspecified atom stereocenters. The molecule has 2 aromatic rings. The van der Waals surface area contributed by atoms with Crippen LogP contribution in [0.5, 0.6) is 0 Å². The van der Waals surface area contributed by atoms with E-state index in [0.717, 1.165) is 16.6 Å². The largest absolute Gasteiger partial charge is 0.327 e. The molecule has 0 aliphatic heterocycles. The molecule has 0 aliphatic rings. The number of fused-ring (bicyclic) bond motifs is 1. The maximum absolute atomic E-state index is 12.0. The standard InChI is InChI=1S/C14H21N3O2S/c1-5-17-12-7-6-10(9-15)8-11(12)16-13(17)14(2,3)20(4,18)19/h6-8H,5,9,15H2,1-4H3. The van der Waals surface area contributed by atoms with Crippen molar-refractivity contribution in [1.29, 1.82) is 0 Å². The Kier molecular flexibility index (Phi) is 3.64. The molecule has 6 heteroatoms. The second-order valence-electron chi connectivity index (χ2n) is 5.49. The van der Waals surface area contributed by atoms with Crippen LogP contribution in [0.3, 0.4) is 0 Å². The average Bonchev–Trinajstić information content (AvgIpc) is 2.75. The van der Waals surface area contributed by atoms with Crippen LogP contribution in [0.15, 0.2) is 18.2 Å². The van der Waals surface area contributed by atoms with E-state index >= 15 is 0 Å². The summed E-state index contributed by atoms with van der Waals surface area (Å²) < 4.78 is 25.0. The number of hydrogen-bond acceptors (Lipinski definition) is 4. The van der Waals surface area contributed by atoms with E-state index in [9.17, 15) is 8.42 Å². The highest BCUT2D eigenvalue weighted by atomic mass is 32.2. The second-order valence-corrected chi connectivity index (χ2v) is 8.05. The summed E-state index contributed by atoms with van der Waals surface area (Å²) in [6.07, 6.45) is 1.25. The lowest BCUT2D eigenvalue weighted by Crippen LogP contribution is -2.31. The summed E-state index contributed by atoms with van der Waals surface area (Å²) in [7, 11) is -3.26. The van der Waals surface area contributed by atoms with Crippen molar-refractivity contribution in [2.45, 2.75) is 38.6 Å². The summed E-state index contributed by atoms with van der Waals surface area (Å²) >= 11 is 0. The quantitative estimate of drug-likeness (QED) is 0.933. The first-order chi connectivity index (χ1) is 9.22. The van der Waals surface area contributed by atoms with Crippen LogP contribution in [0.1, 0.15) is 32.2 Å². The van der Waals surface area contributed by atoms with E-state index in [1.54, 1.807) is 13.8 Å². The molecule has 0 saturated carbocycles. The van der Waals surface area contributed by atoms with Crippen molar-refractivity contribution in [3.8, 4) is 0 Å². The van der Waals surface area contributed by atoms with Gasteiger partial charge < -0.3 is 10.3 Å². The number of benzene rings is 1. The van der Waals surface area contributed by atoms with Crippen LogP contribution in [0, 0.1) is 0 Å². The van der Waals surface area contributed by atoms with Gasteiger partial charge in [0.25, 0.3) is 0 Å². The molecule has 5 nitrogen and oxygen atoms in total. The monoisotopic (exact) mass is 295 g/mol. The minimum Gasteiger partial charge on any atom is -0.327 e. The van der Waals surface area contributed by atoms with Gasteiger partial charge in [-0.25, -0.2) is 13.4 Å². The van der Waals surface area contributed by atoms with Gasteiger partial charge in [-0.2, -0.15) is 0 Å². The highest BCUT2D eigenvalue weighted by Crippen LogP contribution is 2.31. The summed E-state index contributed by atoms with van der Waals surface area (Å²) in [5, 5.41) is 0. The highest BCUT2D eigenvalue weighted by Gasteiger charge is 2.37. The van der Waals surface area contributed by atoms with Crippen molar-refractivity contribution < 1.29 is 8.42 Å². The summed E-state index contributed by atoms with van der Waals surface area (Å²) in [4.78, 5) is 4.56. The molecule has 0 atom stereocenters. The smallest absolute Gasteiger partial charge is 0.159 e. The number of hydrogen-bond donors (Lipinski definition) is 1. The zero-order valence-electron chi connectivity index (χ0n) is 12.3. The van der Waals surface area contributed by atoms with E-state index in [4.69, 9.17) is 5.73 Å². The summed E-state index contributed by atoms with van der Waals surface area (Å²) in [6.45, 7) is 6.49. The van der Waals surface area contributed by atoms with Gasteiger partial charge in [0.05, 0.1) is 11.0 Å². The van der Waals surface area contributed by atoms with Crippen LogP contribution in [0.25, 0.3) is 11.0 Å². The van der Waals surface area contributed by atoms with E-state index in [1.807, 2.05) is 29.7 Å². The van der Waals surface area contributed by atoms with Crippen LogP contribution in [0.2, 0.25) is 0 Å². The zero-order valence-corrected chi connectivity index (χ0v) is 13.2. The first-order valence-electron chi connectivity index (χ1n) is 6.61. The Hall–Kier alpha value is -1.40. The molecule has 0 saturated heterocycles. The second kappa shape index (κ2) is 4.86. The SMILES string of the molecule is CCn1c(C(C)(C)S(C)(=O)=O)nc2cc(CN)ccc21. The van der Waals surface area contributed by atoms with Gasteiger partial charge in [-0.1, -0.05) is 6.07 Å². The molecule has 2 N–H and O–H groups in total. The predicted molar refractivity (Wildman–Crippen MR) is 81.2 cm³/mol. The lowest BCUT2D eigenvalue weighted by Gasteiger charge is -2.22. The van der Waals surface area contributed by atoms with Crippen molar-refractivity contribution >= 4 is 20.9 Å². The number of nitrogens with zero attached hydrogens (tertiary/aromatic N) is 2. The van der Waals surface area contributed by atoms with E-state index in [2.05, 4.69) is 4.98 Å². The molecule has 1 aromatic heterocycles. The van der Waals surface area contributed by atoms with Gasteiger partial charge in [0.2, 0.25) is 0 Å². The first-order valence-corrected chi connectivity index (χ1v) is 8.50. The maximum atomic E-state index is 12.0. The molecule has 1 aromatic carbocycles. The minimum atomic E-state index is -3.26. The van der Waals surface area contributed by atoms with Gasteiger partial charge in [-0.15, -0.1) is 0 Å². The Bertz CT molecular complexity index is 745. The van der Waals surface area contributed by atoms with Crippen LogP contribution < -0.4 is 5.73 Å². The van der Waals surface area contributed by atoms with Gasteiger partial charge in [0.15, 0.2) is 9.84 Å². The van der Waals surface area contributed by atoms with Gasteiger partial charge in [-0.3, -0.25) is 0 Å². The summed E-state index contributed by atoms with van der Waals surface area (Å²) in [6, 6.07) is 5.83. The number of rotatable bonds is 4. The van der Waals surface area contributed by atoms with Gasteiger partial charge in [0.1, 0.15) is 10.6 Å². The average molecular weight is 295 g/mol. The molecule has 0 radical (unpaired) electrons. The number of aryl methyl sites for hydroxylation is 1. The fourth-order valence-corrected chi connectivity index (χ4v) is 2.74. The number of imidazole rings is 1. The van der Waals surface area contributed by atoms with Crippen molar-refractivity contribution in [3.05, 3.63) is 29.6 Å². The fourth-order valence-electron chi connectivity index (χ4n) is 2.25. The van der Waals surface area contributed by atoms with E-state index in [0.29, 0.717) is 18.9 Å². The van der Waals surface area contributed by atoms with Crippen molar-refractivity contribution in [2.24, 2.45) is 5.73 Å². The third kappa shape index (κ3) is 2.23. The van der Waals surface area contributed by atoms with Crippen LogP contribution in [-0.2, 0) is 27.7 Å². The minimum absolute atomic E-state index is 0.444.